The van der Waals surface area contributed by atoms with Crippen LogP contribution in [0.4, 0.5) is 11.5 Å². The fourth-order valence-electron chi connectivity index (χ4n) is 1.81. The number of nitrogens with one attached hydrogen (secondary N) is 1. The van der Waals surface area contributed by atoms with E-state index in [0.717, 1.165) is 17.5 Å². The van der Waals surface area contributed by atoms with E-state index in [9.17, 15) is 10.1 Å². The standard InChI is InChI=1S/C12H13N5O3/c1-7-3-8(2)5-9(4-7)20-12-10(17(18)19)11(16-13)14-6-15-12/h3-6H,13H2,1-2H3,(H,14,15,16). The van der Waals surface area contributed by atoms with Crippen molar-refractivity contribution in [1.29, 1.82) is 0 Å². The van der Waals surface area contributed by atoms with Gasteiger partial charge in [0.05, 0.1) is 4.92 Å². The minimum Gasteiger partial charge on any atom is -0.434 e. The van der Waals surface area contributed by atoms with Crippen molar-refractivity contribution in [3.63, 3.8) is 0 Å². The highest BCUT2D eigenvalue weighted by Gasteiger charge is 2.24. The van der Waals surface area contributed by atoms with Crippen molar-refractivity contribution in [3.05, 3.63) is 45.8 Å². The molecule has 0 aliphatic heterocycles. The number of ether oxygens (including phenoxy) is 1. The number of nitrogens with two attached hydrogens (primary N) is 1. The molecule has 0 unspecified atom stereocenters. The van der Waals surface area contributed by atoms with Gasteiger partial charge in [0.15, 0.2) is 0 Å². The molecular formula is C12H13N5O3. The Balaban J connectivity index is 2.45. The third-order valence-corrected chi connectivity index (χ3v) is 2.52. The summed E-state index contributed by atoms with van der Waals surface area (Å²) >= 11 is 0. The quantitative estimate of drug-likeness (QED) is 0.498. The first kappa shape index (κ1) is 13.7. The molecule has 1 heterocycles. The number of hydrogen-bond acceptors (Lipinski definition) is 7. The Kier molecular flexibility index (Phi) is 3.76. The van der Waals surface area contributed by atoms with E-state index in [1.54, 1.807) is 12.1 Å². The van der Waals surface area contributed by atoms with Crippen molar-refractivity contribution in [2.24, 2.45) is 5.84 Å². The van der Waals surface area contributed by atoms with Crippen LogP contribution in [0.1, 0.15) is 11.1 Å². The summed E-state index contributed by atoms with van der Waals surface area (Å²) in [6.07, 6.45) is 1.14. The van der Waals surface area contributed by atoms with Gasteiger partial charge >= 0.3 is 11.6 Å². The minimum atomic E-state index is -0.646. The fraction of sp³-hybridized carbons (Fsp3) is 0.167. The monoisotopic (exact) mass is 275 g/mol. The predicted molar refractivity (Wildman–Crippen MR) is 72.5 cm³/mol. The van der Waals surface area contributed by atoms with E-state index in [1.165, 1.54) is 0 Å². The van der Waals surface area contributed by atoms with Crippen LogP contribution in [0.2, 0.25) is 0 Å². The Morgan fingerprint density at radius 1 is 1.25 bits per heavy atom. The molecule has 1 aromatic carbocycles. The highest BCUT2D eigenvalue weighted by molar-refractivity contribution is 5.61. The van der Waals surface area contributed by atoms with E-state index in [0.29, 0.717) is 5.75 Å². The molecule has 8 nitrogen and oxygen atoms in total. The maximum atomic E-state index is 11.1. The zero-order valence-corrected chi connectivity index (χ0v) is 11.0. The molecule has 0 spiro atoms. The summed E-state index contributed by atoms with van der Waals surface area (Å²) in [6.45, 7) is 3.81. The second-order valence-electron chi connectivity index (χ2n) is 4.20. The topological polar surface area (TPSA) is 116 Å². The molecule has 0 fully saturated rings. The molecule has 2 aromatic rings. The molecule has 2 rings (SSSR count). The smallest absolute Gasteiger partial charge is 0.374 e. The normalized spacial score (nSPS) is 10.2. The SMILES string of the molecule is Cc1cc(C)cc(Oc2ncnc(NN)c2[N+](=O)[O-])c1. The number of aryl methyl sites for hydroxylation is 2. The number of nitrogen functional groups attached to an aromatic ring is 1. The molecular weight excluding hydrogens is 262 g/mol. The molecule has 0 atom stereocenters. The highest BCUT2D eigenvalue weighted by Crippen LogP contribution is 2.33. The van der Waals surface area contributed by atoms with Gasteiger partial charge in [0.1, 0.15) is 12.1 Å². The van der Waals surface area contributed by atoms with Crippen molar-refractivity contribution >= 4 is 11.5 Å². The number of aromatic nitrogens is 2. The lowest BCUT2D eigenvalue weighted by molar-refractivity contribution is -0.385. The van der Waals surface area contributed by atoms with Gasteiger partial charge in [0.25, 0.3) is 0 Å². The lowest BCUT2D eigenvalue weighted by Gasteiger charge is -2.08. The zero-order chi connectivity index (χ0) is 14.7. The first-order valence-corrected chi connectivity index (χ1v) is 5.73. The number of rotatable bonds is 4. The summed E-state index contributed by atoms with van der Waals surface area (Å²) in [5.74, 6) is 5.39. The molecule has 20 heavy (non-hydrogen) atoms. The molecule has 8 heteroatoms. The number of hydrogen-bond donors (Lipinski definition) is 2. The summed E-state index contributed by atoms with van der Waals surface area (Å²) in [4.78, 5) is 17.9. The summed E-state index contributed by atoms with van der Waals surface area (Å²) in [7, 11) is 0. The number of nitrogens with zero attached hydrogens (tertiary/aromatic N) is 3. The van der Waals surface area contributed by atoms with Crippen LogP contribution in [0.25, 0.3) is 0 Å². The van der Waals surface area contributed by atoms with Gasteiger partial charge in [-0.2, -0.15) is 4.98 Å². The van der Waals surface area contributed by atoms with Crippen molar-refractivity contribution in [2.75, 3.05) is 5.43 Å². The summed E-state index contributed by atoms with van der Waals surface area (Å²) < 4.78 is 5.49. The van der Waals surface area contributed by atoms with E-state index in [-0.39, 0.29) is 11.7 Å². The average Bonchev–Trinajstić information content (AvgIpc) is 2.36. The molecule has 0 bridgehead atoms. The van der Waals surface area contributed by atoms with Crippen molar-refractivity contribution in [3.8, 4) is 11.6 Å². The van der Waals surface area contributed by atoms with Gasteiger partial charge < -0.3 is 10.2 Å². The number of anilines is 1. The van der Waals surface area contributed by atoms with Crippen LogP contribution in [-0.2, 0) is 0 Å². The molecule has 104 valence electrons. The molecule has 0 aliphatic carbocycles. The van der Waals surface area contributed by atoms with Crippen LogP contribution in [0.15, 0.2) is 24.5 Å². The third kappa shape index (κ3) is 2.81. The van der Waals surface area contributed by atoms with Crippen LogP contribution in [0.5, 0.6) is 11.6 Å². The number of hydrazine groups is 1. The van der Waals surface area contributed by atoms with Crippen LogP contribution in [-0.4, -0.2) is 14.9 Å². The van der Waals surface area contributed by atoms with Crippen LogP contribution in [0, 0.1) is 24.0 Å². The largest absolute Gasteiger partial charge is 0.434 e. The first-order valence-electron chi connectivity index (χ1n) is 5.73. The van der Waals surface area contributed by atoms with Gasteiger partial charge in [-0.1, -0.05) is 6.07 Å². The molecule has 0 amide bonds. The Morgan fingerprint density at radius 2 is 1.90 bits per heavy atom. The summed E-state index contributed by atoms with van der Waals surface area (Å²) in [5, 5.41) is 11.1. The maximum Gasteiger partial charge on any atom is 0.374 e. The Hall–Kier alpha value is -2.74. The van der Waals surface area contributed by atoms with Gasteiger partial charge in [-0.15, -0.1) is 0 Å². The second kappa shape index (κ2) is 5.49. The van der Waals surface area contributed by atoms with Crippen LogP contribution in [0.3, 0.4) is 0 Å². The van der Waals surface area contributed by atoms with Gasteiger partial charge in [0, 0.05) is 0 Å². The van der Waals surface area contributed by atoms with Crippen molar-refractivity contribution in [2.45, 2.75) is 13.8 Å². The van der Waals surface area contributed by atoms with E-state index < -0.39 is 10.6 Å². The Labute approximate surface area is 114 Å². The lowest BCUT2D eigenvalue weighted by Crippen LogP contribution is -2.12. The summed E-state index contributed by atoms with van der Waals surface area (Å²) in [6, 6.07) is 5.48. The molecule has 0 radical (unpaired) electrons. The number of nitro groups is 1. The fourth-order valence-corrected chi connectivity index (χ4v) is 1.81. The van der Waals surface area contributed by atoms with Gasteiger partial charge in [-0.3, -0.25) is 10.1 Å². The van der Waals surface area contributed by atoms with E-state index >= 15 is 0 Å². The predicted octanol–water partition coefficient (Wildman–Crippen LogP) is 2.08. The molecule has 0 saturated carbocycles. The van der Waals surface area contributed by atoms with Crippen molar-refractivity contribution < 1.29 is 9.66 Å². The maximum absolute atomic E-state index is 11.1. The number of benzene rings is 1. The first-order chi connectivity index (χ1) is 9.51. The highest BCUT2D eigenvalue weighted by atomic mass is 16.6. The zero-order valence-electron chi connectivity index (χ0n) is 11.0. The lowest BCUT2D eigenvalue weighted by atomic mass is 10.1. The third-order valence-electron chi connectivity index (χ3n) is 2.52. The summed E-state index contributed by atoms with van der Waals surface area (Å²) in [5.41, 5.74) is 3.71. The average molecular weight is 275 g/mol. The van der Waals surface area contributed by atoms with Crippen LogP contribution >= 0.6 is 0 Å². The van der Waals surface area contributed by atoms with Crippen LogP contribution < -0.4 is 16.0 Å². The minimum absolute atomic E-state index is 0.107. The van der Waals surface area contributed by atoms with E-state index in [1.807, 2.05) is 19.9 Å². The van der Waals surface area contributed by atoms with E-state index in [2.05, 4.69) is 15.4 Å². The molecule has 0 aliphatic rings. The molecule has 0 saturated heterocycles. The Morgan fingerprint density at radius 3 is 2.45 bits per heavy atom. The van der Waals surface area contributed by atoms with Gasteiger partial charge in [-0.25, -0.2) is 10.8 Å². The Bertz CT molecular complexity index is 639. The molecule has 3 N–H and O–H groups in total. The molecule has 1 aromatic heterocycles. The van der Waals surface area contributed by atoms with Crippen molar-refractivity contribution in [1.82, 2.24) is 9.97 Å². The van der Waals surface area contributed by atoms with Gasteiger partial charge in [-0.05, 0) is 37.1 Å². The van der Waals surface area contributed by atoms with E-state index in [4.69, 9.17) is 10.6 Å². The second-order valence-corrected chi connectivity index (χ2v) is 4.20. The van der Waals surface area contributed by atoms with Gasteiger partial charge in [0.2, 0.25) is 5.82 Å².